The minimum atomic E-state index is 0.0291. The molecule has 0 saturated carbocycles. The predicted octanol–water partition coefficient (Wildman–Crippen LogP) is 3.98. The number of amides is 1. The van der Waals surface area contributed by atoms with E-state index < -0.39 is 0 Å². The van der Waals surface area contributed by atoms with Gasteiger partial charge in [-0.2, -0.15) is 0 Å². The molecule has 0 unspecified atom stereocenters. The van der Waals surface area contributed by atoms with Crippen molar-refractivity contribution in [1.29, 1.82) is 0 Å². The highest BCUT2D eigenvalue weighted by molar-refractivity contribution is 6.09. The molecule has 0 radical (unpaired) electrons. The molecule has 0 N–H and O–H groups in total. The van der Waals surface area contributed by atoms with Crippen molar-refractivity contribution in [3.05, 3.63) is 54.1 Å². The summed E-state index contributed by atoms with van der Waals surface area (Å²) >= 11 is 0. The van der Waals surface area contributed by atoms with Gasteiger partial charge in [0.05, 0.1) is 12.2 Å². The average molecular weight is 446 g/mol. The van der Waals surface area contributed by atoms with Crippen LogP contribution >= 0.6 is 0 Å². The molecule has 5 rings (SSSR count). The Labute approximate surface area is 195 Å². The van der Waals surface area contributed by atoms with E-state index in [9.17, 15) is 4.79 Å². The van der Waals surface area contributed by atoms with Crippen LogP contribution in [0.25, 0.3) is 10.8 Å². The molecule has 1 aromatic heterocycles. The van der Waals surface area contributed by atoms with E-state index in [0.29, 0.717) is 31.0 Å². The van der Waals surface area contributed by atoms with E-state index in [0.717, 1.165) is 48.6 Å². The highest BCUT2D eigenvalue weighted by Gasteiger charge is 2.27. The van der Waals surface area contributed by atoms with Crippen LogP contribution in [0, 0.1) is 0 Å². The Bertz CT molecular complexity index is 1100. The first-order valence-corrected chi connectivity index (χ1v) is 12.0. The molecule has 172 valence electrons. The van der Waals surface area contributed by atoms with Crippen LogP contribution in [0.2, 0.25) is 0 Å². The van der Waals surface area contributed by atoms with Crippen molar-refractivity contribution < 1.29 is 9.53 Å². The number of piperazine rings is 1. The van der Waals surface area contributed by atoms with Crippen molar-refractivity contribution in [3.8, 4) is 5.75 Å². The van der Waals surface area contributed by atoms with E-state index in [2.05, 4.69) is 32.1 Å². The summed E-state index contributed by atoms with van der Waals surface area (Å²) < 4.78 is 5.83. The molecule has 0 spiro atoms. The first-order chi connectivity index (χ1) is 16.2. The van der Waals surface area contributed by atoms with Gasteiger partial charge >= 0.3 is 0 Å². The number of nitrogens with zero attached hydrogens (tertiary/aromatic N) is 5. The Hall–Kier alpha value is -3.35. The van der Waals surface area contributed by atoms with Crippen molar-refractivity contribution in [2.24, 2.45) is 0 Å². The average Bonchev–Trinajstić information content (AvgIpc) is 2.89. The Morgan fingerprint density at radius 3 is 2.15 bits per heavy atom. The van der Waals surface area contributed by atoms with E-state index in [1.165, 1.54) is 19.3 Å². The van der Waals surface area contributed by atoms with E-state index in [1.807, 2.05) is 48.2 Å². The number of rotatable bonds is 5. The minimum absolute atomic E-state index is 0.0291. The topological polar surface area (TPSA) is 61.8 Å². The molecule has 1 amide bonds. The van der Waals surface area contributed by atoms with Crippen LogP contribution in [0.3, 0.4) is 0 Å². The SMILES string of the molecule is CCOc1ccc2ccccc2c1C(=O)N1CCN(c2ccc(N3CCCCC3)nn2)CC1. The van der Waals surface area contributed by atoms with Gasteiger partial charge in [-0.1, -0.05) is 30.3 Å². The number of benzene rings is 2. The molecule has 2 saturated heterocycles. The number of piperidine rings is 1. The van der Waals surface area contributed by atoms with Gasteiger partial charge in [0, 0.05) is 39.3 Å². The summed E-state index contributed by atoms with van der Waals surface area (Å²) in [5, 5.41) is 11.0. The Morgan fingerprint density at radius 1 is 0.818 bits per heavy atom. The molecule has 7 heteroatoms. The smallest absolute Gasteiger partial charge is 0.258 e. The Kier molecular flexibility index (Phi) is 6.28. The zero-order valence-corrected chi connectivity index (χ0v) is 19.2. The van der Waals surface area contributed by atoms with Crippen molar-refractivity contribution in [3.63, 3.8) is 0 Å². The maximum atomic E-state index is 13.6. The molecule has 3 aromatic rings. The number of carbonyl (C=O) groups is 1. The van der Waals surface area contributed by atoms with Gasteiger partial charge in [0.1, 0.15) is 5.75 Å². The highest BCUT2D eigenvalue weighted by atomic mass is 16.5. The van der Waals surface area contributed by atoms with Gasteiger partial charge in [-0.15, -0.1) is 10.2 Å². The number of hydrogen-bond donors (Lipinski definition) is 0. The molecule has 2 aliphatic heterocycles. The third kappa shape index (κ3) is 4.45. The normalized spacial score (nSPS) is 16.8. The van der Waals surface area contributed by atoms with Crippen LogP contribution in [-0.4, -0.2) is 66.9 Å². The second-order valence-corrected chi connectivity index (χ2v) is 8.67. The molecular weight excluding hydrogens is 414 g/mol. The first kappa shape index (κ1) is 21.5. The summed E-state index contributed by atoms with van der Waals surface area (Å²) in [6.07, 6.45) is 3.75. The maximum absolute atomic E-state index is 13.6. The zero-order chi connectivity index (χ0) is 22.6. The fraction of sp³-hybridized carbons (Fsp3) is 0.423. The summed E-state index contributed by atoms with van der Waals surface area (Å²) in [4.78, 5) is 20.0. The lowest BCUT2D eigenvalue weighted by Crippen LogP contribution is -2.49. The van der Waals surface area contributed by atoms with E-state index in [1.54, 1.807) is 0 Å². The van der Waals surface area contributed by atoms with Gasteiger partial charge in [0.15, 0.2) is 11.6 Å². The third-order valence-electron chi connectivity index (χ3n) is 6.61. The molecule has 0 aliphatic carbocycles. The van der Waals surface area contributed by atoms with Gasteiger partial charge < -0.3 is 19.4 Å². The molecule has 0 bridgehead atoms. The summed E-state index contributed by atoms with van der Waals surface area (Å²) in [6.45, 7) is 7.35. The summed E-state index contributed by atoms with van der Waals surface area (Å²) in [6, 6.07) is 16.1. The van der Waals surface area contributed by atoms with Crippen LogP contribution in [-0.2, 0) is 0 Å². The van der Waals surface area contributed by atoms with Crippen LogP contribution in [0.1, 0.15) is 36.5 Å². The Balaban J connectivity index is 1.28. The van der Waals surface area contributed by atoms with Crippen LogP contribution in [0.5, 0.6) is 5.75 Å². The van der Waals surface area contributed by atoms with Crippen molar-refractivity contribution >= 4 is 28.3 Å². The van der Waals surface area contributed by atoms with Crippen molar-refractivity contribution in [2.75, 3.05) is 55.7 Å². The molecule has 2 aliphatic rings. The van der Waals surface area contributed by atoms with E-state index in [-0.39, 0.29) is 5.91 Å². The molecule has 2 fully saturated rings. The van der Waals surface area contributed by atoms with Gasteiger partial charge in [0.25, 0.3) is 5.91 Å². The van der Waals surface area contributed by atoms with Crippen molar-refractivity contribution in [1.82, 2.24) is 15.1 Å². The minimum Gasteiger partial charge on any atom is -0.493 e. The monoisotopic (exact) mass is 445 g/mol. The molecule has 3 heterocycles. The second-order valence-electron chi connectivity index (χ2n) is 8.67. The lowest BCUT2D eigenvalue weighted by Gasteiger charge is -2.35. The number of anilines is 2. The predicted molar refractivity (Wildman–Crippen MR) is 131 cm³/mol. The molecule has 2 aromatic carbocycles. The number of fused-ring (bicyclic) bond motifs is 1. The Morgan fingerprint density at radius 2 is 1.48 bits per heavy atom. The van der Waals surface area contributed by atoms with Gasteiger partial charge in [-0.3, -0.25) is 4.79 Å². The van der Waals surface area contributed by atoms with Gasteiger partial charge in [0.2, 0.25) is 0 Å². The largest absolute Gasteiger partial charge is 0.493 e. The standard InChI is InChI=1S/C26H31N5O2/c1-2-33-22-11-10-20-8-4-5-9-21(20)25(22)26(32)31-18-16-30(17-19-31)24-13-12-23(27-28-24)29-14-6-3-7-15-29/h4-5,8-13H,2-3,6-7,14-19H2,1H3. The molecule has 7 nitrogen and oxygen atoms in total. The fourth-order valence-electron chi connectivity index (χ4n) is 4.82. The van der Waals surface area contributed by atoms with Crippen LogP contribution < -0.4 is 14.5 Å². The lowest BCUT2D eigenvalue weighted by molar-refractivity contribution is 0.0744. The number of carbonyl (C=O) groups excluding carboxylic acids is 1. The lowest BCUT2D eigenvalue weighted by atomic mass is 10.0. The van der Waals surface area contributed by atoms with Crippen LogP contribution in [0.4, 0.5) is 11.6 Å². The van der Waals surface area contributed by atoms with Gasteiger partial charge in [-0.25, -0.2) is 0 Å². The molecule has 33 heavy (non-hydrogen) atoms. The number of hydrogen-bond acceptors (Lipinski definition) is 6. The van der Waals surface area contributed by atoms with Crippen LogP contribution in [0.15, 0.2) is 48.5 Å². The highest BCUT2D eigenvalue weighted by Crippen LogP contribution is 2.30. The van der Waals surface area contributed by atoms with E-state index >= 15 is 0 Å². The fourth-order valence-corrected chi connectivity index (χ4v) is 4.82. The molecular formula is C26H31N5O2. The quantitative estimate of drug-likeness (QED) is 0.592. The maximum Gasteiger partial charge on any atom is 0.258 e. The number of ether oxygens (including phenoxy) is 1. The zero-order valence-electron chi connectivity index (χ0n) is 19.2. The third-order valence-corrected chi connectivity index (χ3v) is 6.61. The van der Waals surface area contributed by atoms with Crippen molar-refractivity contribution in [2.45, 2.75) is 26.2 Å². The summed E-state index contributed by atoms with van der Waals surface area (Å²) in [7, 11) is 0. The number of aromatic nitrogens is 2. The molecule has 0 atom stereocenters. The van der Waals surface area contributed by atoms with Gasteiger partial charge in [-0.05, 0) is 55.2 Å². The summed E-state index contributed by atoms with van der Waals surface area (Å²) in [5.41, 5.74) is 0.661. The van der Waals surface area contributed by atoms with E-state index in [4.69, 9.17) is 4.74 Å². The summed E-state index contributed by atoms with van der Waals surface area (Å²) in [5.74, 6) is 2.53. The second kappa shape index (κ2) is 9.65. The first-order valence-electron chi connectivity index (χ1n) is 12.0.